The van der Waals surface area contributed by atoms with Crippen LogP contribution in [0.1, 0.15) is 43.5 Å². The van der Waals surface area contributed by atoms with Crippen LogP contribution in [-0.2, 0) is 0 Å². The summed E-state index contributed by atoms with van der Waals surface area (Å²) in [6.45, 7) is 4.71. The molecule has 0 radical (unpaired) electrons. The zero-order valence-electron chi connectivity index (χ0n) is 11.2. The van der Waals surface area contributed by atoms with Crippen molar-refractivity contribution < 1.29 is 4.74 Å². The van der Waals surface area contributed by atoms with Gasteiger partial charge in [0.2, 0.25) is 0 Å². The third-order valence-electron chi connectivity index (χ3n) is 4.18. The van der Waals surface area contributed by atoms with Gasteiger partial charge in [-0.25, -0.2) is 0 Å². The fraction of sp³-hybridized carbons (Fsp3) is 0.600. The molecule has 0 saturated heterocycles. The number of halogens is 2. The molecular weight excluding hydrogens is 312 g/mol. The van der Waals surface area contributed by atoms with Gasteiger partial charge in [0, 0.05) is 15.4 Å². The first-order valence-corrected chi connectivity index (χ1v) is 7.72. The Morgan fingerprint density at radius 3 is 2.72 bits per heavy atom. The molecule has 0 bridgehead atoms. The van der Waals surface area contributed by atoms with Crippen LogP contribution in [0.15, 0.2) is 18.2 Å². The summed E-state index contributed by atoms with van der Waals surface area (Å²) >= 11 is 9.99. The normalized spacial score (nSPS) is 23.9. The van der Waals surface area contributed by atoms with Gasteiger partial charge in [-0.05, 0) is 42.4 Å². The highest BCUT2D eigenvalue weighted by Gasteiger charge is 2.39. The van der Waals surface area contributed by atoms with E-state index in [1.54, 1.807) is 7.11 Å². The van der Waals surface area contributed by atoms with Crippen molar-refractivity contribution in [3.63, 3.8) is 0 Å². The molecule has 1 aromatic rings. The van der Waals surface area contributed by atoms with E-state index in [2.05, 4.69) is 29.8 Å². The van der Waals surface area contributed by atoms with E-state index in [0.29, 0.717) is 16.2 Å². The monoisotopic (exact) mass is 330 g/mol. The van der Waals surface area contributed by atoms with Crippen molar-refractivity contribution in [3.8, 4) is 5.75 Å². The molecule has 1 nitrogen and oxygen atoms in total. The van der Waals surface area contributed by atoms with E-state index in [-0.39, 0.29) is 0 Å². The molecule has 0 amide bonds. The molecule has 1 aliphatic carbocycles. The molecule has 2 unspecified atom stereocenters. The van der Waals surface area contributed by atoms with Crippen molar-refractivity contribution >= 4 is 27.5 Å². The maximum Gasteiger partial charge on any atom is 0.123 e. The fourth-order valence-electron chi connectivity index (χ4n) is 3.03. The van der Waals surface area contributed by atoms with Gasteiger partial charge in [-0.1, -0.05) is 47.8 Å². The van der Waals surface area contributed by atoms with Crippen LogP contribution < -0.4 is 4.74 Å². The standard InChI is InChI=1S/C15H20BrClO/c1-15(2)8-4-5-12(15)14(16)11-9-10(17)6-7-13(11)18-3/h6-7,9,12,14H,4-5,8H2,1-3H3. The summed E-state index contributed by atoms with van der Waals surface area (Å²) in [4.78, 5) is 0.309. The minimum Gasteiger partial charge on any atom is -0.496 e. The van der Waals surface area contributed by atoms with Crippen LogP contribution in [0, 0.1) is 11.3 Å². The van der Waals surface area contributed by atoms with E-state index in [4.69, 9.17) is 16.3 Å². The van der Waals surface area contributed by atoms with Crippen molar-refractivity contribution in [2.75, 3.05) is 7.11 Å². The molecule has 0 spiro atoms. The van der Waals surface area contributed by atoms with E-state index in [9.17, 15) is 0 Å². The predicted molar refractivity (Wildman–Crippen MR) is 80.8 cm³/mol. The number of methoxy groups -OCH3 is 1. The Morgan fingerprint density at radius 2 is 2.17 bits per heavy atom. The first kappa shape index (κ1) is 14.2. The van der Waals surface area contributed by atoms with Gasteiger partial charge in [0.05, 0.1) is 7.11 Å². The van der Waals surface area contributed by atoms with Crippen LogP contribution in [-0.4, -0.2) is 7.11 Å². The van der Waals surface area contributed by atoms with Crippen LogP contribution in [0.3, 0.4) is 0 Å². The van der Waals surface area contributed by atoms with E-state index in [0.717, 1.165) is 10.8 Å². The molecule has 0 N–H and O–H groups in total. The largest absolute Gasteiger partial charge is 0.496 e. The van der Waals surface area contributed by atoms with Crippen LogP contribution in [0.4, 0.5) is 0 Å². The zero-order chi connectivity index (χ0) is 13.3. The van der Waals surface area contributed by atoms with E-state index < -0.39 is 0 Å². The lowest BCUT2D eigenvalue weighted by atomic mass is 9.78. The summed E-state index contributed by atoms with van der Waals surface area (Å²) in [5.41, 5.74) is 1.55. The Balaban J connectivity index is 2.33. The maximum atomic E-state index is 6.12. The van der Waals surface area contributed by atoms with Crippen LogP contribution in [0.5, 0.6) is 5.75 Å². The lowest BCUT2D eigenvalue weighted by Gasteiger charge is -2.32. The van der Waals surface area contributed by atoms with Gasteiger partial charge in [0.25, 0.3) is 0 Å². The average molecular weight is 332 g/mol. The predicted octanol–water partition coefficient (Wildman–Crippen LogP) is 5.61. The molecule has 1 aromatic carbocycles. The molecular formula is C15H20BrClO. The molecule has 2 atom stereocenters. The number of hydrogen-bond acceptors (Lipinski definition) is 1. The average Bonchev–Trinajstić information content (AvgIpc) is 2.68. The smallest absolute Gasteiger partial charge is 0.123 e. The number of ether oxygens (including phenoxy) is 1. The molecule has 3 heteroatoms. The number of benzene rings is 1. The Bertz CT molecular complexity index is 431. The van der Waals surface area contributed by atoms with Gasteiger partial charge in [-0.15, -0.1) is 0 Å². The number of hydrogen-bond donors (Lipinski definition) is 0. The Labute approximate surface area is 123 Å². The van der Waals surface area contributed by atoms with Crippen LogP contribution in [0.25, 0.3) is 0 Å². The van der Waals surface area contributed by atoms with Crippen molar-refractivity contribution in [3.05, 3.63) is 28.8 Å². The Kier molecular flexibility index (Phi) is 4.28. The van der Waals surface area contributed by atoms with Crippen molar-refractivity contribution in [1.82, 2.24) is 0 Å². The SMILES string of the molecule is COc1ccc(Cl)cc1C(Br)C1CCCC1(C)C. The Morgan fingerprint density at radius 1 is 1.44 bits per heavy atom. The summed E-state index contributed by atoms with van der Waals surface area (Å²) < 4.78 is 5.46. The second-order valence-corrected chi connectivity index (χ2v) is 7.20. The summed E-state index contributed by atoms with van der Waals surface area (Å²) in [5.74, 6) is 1.55. The topological polar surface area (TPSA) is 9.23 Å². The van der Waals surface area contributed by atoms with Gasteiger partial charge < -0.3 is 4.74 Å². The van der Waals surface area contributed by atoms with Crippen molar-refractivity contribution in [2.45, 2.75) is 37.9 Å². The van der Waals surface area contributed by atoms with Gasteiger partial charge in [-0.2, -0.15) is 0 Å². The summed E-state index contributed by atoms with van der Waals surface area (Å²) in [7, 11) is 1.71. The van der Waals surface area contributed by atoms with Gasteiger partial charge >= 0.3 is 0 Å². The molecule has 0 aromatic heterocycles. The summed E-state index contributed by atoms with van der Waals surface area (Å²) in [6, 6.07) is 5.85. The molecule has 100 valence electrons. The second-order valence-electron chi connectivity index (χ2n) is 5.78. The molecule has 0 aliphatic heterocycles. The Hall–Kier alpha value is -0.210. The van der Waals surface area contributed by atoms with Gasteiger partial charge in [0.1, 0.15) is 5.75 Å². The number of rotatable bonds is 3. The minimum atomic E-state index is 0.309. The van der Waals surface area contributed by atoms with Crippen LogP contribution >= 0.6 is 27.5 Å². The maximum absolute atomic E-state index is 6.12. The molecule has 2 rings (SSSR count). The quantitative estimate of drug-likeness (QED) is 0.654. The molecule has 0 heterocycles. The highest BCUT2D eigenvalue weighted by Crippen LogP contribution is 2.53. The molecule has 1 fully saturated rings. The van der Waals surface area contributed by atoms with Crippen molar-refractivity contribution in [1.29, 1.82) is 0 Å². The first-order valence-electron chi connectivity index (χ1n) is 6.43. The highest BCUT2D eigenvalue weighted by molar-refractivity contribution is 9.09. The molecule has 18 heavy (non-hydrogen) atoms. The lowest BCUT2D eigenvalue weighted by Crippen LogP contribution is -2.21. The second kappa shape index (κ2) is 5.42. The third kappa shape index (κ3) is 2.70. The molecule has 1 aliphatic rings. The van der Waals surface area contributed by atoms with Gasteiger partial charge in [0.15, 0.2) is 0 Å². The highest BCUT2D eigenvalue weighted by atomic mass is 79.9. The van der Waals surface area contributed by atoms with Gasteiger partial charge in [-0.3, -0.25) is 0 Å². The fourth-order valence-corrected chi connectivity index (χ4v) is 4.55. The summed E-state index contributed by atoms with van der Waals surface area (Å²) in [6.07, 6.45) is 3.86. The lowest BCUT2D eigenvalue weighted by molar-refractivity contribution is 0.254. The zero-order valence-corrected chi connectivity index (χ0v) is 13.5. The first-order chi connectivity index (χ1) is 8.45. The van der Waals surface area contributed by atoms with Crippen LogP contribution in [0.2, 0.25) is 5.02 Å². The van der Waals surface area contributed by atoms with Crippen molar-refractivity contribution in [2.24, 2.45) is 11.3 Å². The molecule has 1 saturated carbocycles. The minimum absolute atomic E-state index is 0.309. The number of alkyl halides is 1. The van der Waals surface area contributed by atoms with E-state index in [1.165, 1.54) is 24.8 Å². The summed E-state index contributed by atoms with van der Waals surface area (Å²) in [5, 5.41) is 0.769. The third-order valence-corrected chi connectivity index (χ3v) is 5.55. The van der Waals surface area contributed by atoms with E-state index in [1.807, 2.05) is 18.2 Å². The van der Waals surface area contributed by atoms with E-state index >= 15 is 0 Å².